The third-order valence-corrected chi connectivity index (χ3v) is 3.42. The zero-order valence-corrected chi connectivity index (χ0v) is 14.4. The molecule has 1 aromatic carbocycles. The van der Waals surface area contributed by atoms with Gasteiger partial charge in [0.1, 0.15) is 0 Å². The number of carbonyl (C=O) groups is 1. The van der Waals surface area contributed by atoms with Crippen molar-refractivity contribution >= 4 is 43.5 Å². The Labute approximate surface area is 130 Å². The van der Waals surface area contributed by atoms with Crippen molar-refractivity contribution in [1.82, 2.24) is 4.90 Å². The standard InChI is InChI=1S/C13H18Br2N2O2/c1-13(2,19)8-17(3)7-12(18)16-11-5-4-9(14)6-10(11)15/h4-6,19H,7-8H2,1-3H3,(H,16,18). The van der Waals surface area contributed by atoms with Crippen molar-refractivity contribution in [2.45, 2.75) is 19.4 Å². The Kier molecular flexibility index (Phi) is 5.98. The van der Waals surface area contributed by atoms with Gasteiger partial charge in [0.05, 0.1) is 17.8 Å². The minimum atomic E-state index is -0.812. The normalized spacial score (nSPS) is 11.7. The van der Waals surface area contributed by atoms with E-state index in [9.17, 15) is 9.90 Å². The highest BCUT2D eigenvalue weighted by atomic mass is 79.9. The quantitative estimate of drug-likeness (QED) is 0.808. The topological polar surface area (TPSA) is 52.6 Å². The molecule has 0 aliphatic carbocycles. The molecule has 0 bridgehead atoms. The van der Waals surface area contributed by atoms with Gasteiger partial charge in [-0.1, -0.05) is 15.9 Å². The van der Waals surface area contributed by atoms with Gasteiger partial charge in [-0.15, -0.1) is 0 Å². The van der Waals surface area contributed by atoms with Crippen molar-refractivity contribution in [3.05, 3.63) is 27.1 Å². The van der Waals surface area contributed by atoms with Crippen LogP contribution in [0.15, 0.2) is 27.1 Å². The maximum absolute atomic E-state index is 11.9. The number of hydrogen-bond donors (Lipinski definition) is 2. The van der Waals surface area contributed by atoms with Crippen LogP contribution in [-0.2, 0) is 4.79 Å². The molecule has 0 spiro atoms. The molecular weight excluding hydrogens is 376 g/mol. The van der Waals surface area contributed by atoms with E-state index in [4.69, 9.17) is 0 Å². The minimum Gasteiger partial charge on any atom is -0.389 e. The fourth-order valence-corrected chi connectivity index (χ4v) is 2.89. The van der Waals surface area contributed by atoms with Crippen molar-refractivity contribution in [3.8, 4) is 0 Å². The molecule has 0 atom stereocenters. The van der Waals surface area contributed by atoms with E-state index in [2.05, 4.69) is 37.2 Å². The average molecular weight is 394 g/mol. The van der Waals surface area contributed by atoms with Crippen molar-refractivity contribution in [2.75, 3.05) is 25.5 Å². The second-order valence-corrected chi connectivity index (χ2v) is 6.93. The molecule has 4 nitrogen and oxygen atoms in total. The molecule has 0 radical (unpaired) electrons. The van der Waals surface area contributed by atoms with Crippen LogP contribution in [0, 0.1) is 0 Å². The van der Waals surface area contributed by atoms with E-state index >= 15 is 0 Å². The van der Waals surface area contributed by atoms with Gasteiger partial charge in [-0.05, 0) is 55.0 Å². The molecule has 106 valence electrons. The van der Waals surface area contributed by atoms with Gasteiger partial charge in [0.15, 0.2) is 0 Å². The van der Waals surface area contributed by atoms with E-state index < -0.39 is 5.60 Å². The molecule has 0 fully saturated rings. The molecule has 19 heavy (non-hydrogen) atoms. The zero-order valence-electron chi connectivity index (χ0n) is 11.2. The fourth-order valence-electron chi connectivity index (χ4n) is 1.74. The molecule has 1 rings (SSSR count). The third kappa shape index (κ3) is 6.51. The molecule has 0 aliphatic rings. The summed E-state index contributed by atoms with van der Waals surface area (Å²) in [6.07, 6.45) is 0. The second kappa shape index (κ2) is 6.83. The number of anilines is 1. The molecule has 0 heterocycles. The van der Waals surface area contributed by atoms with E-state index in [1.54, 1.807) is 25.8 Å². The molecule has 0 saturated carbocycles. The summed E-state index contributed by atoms with van der Waals surface area (Å²) in [7, 11) is 1.80. The lowest BCUT2D eigenvalue weighted by Crippen LogP contribution is -2.40. The first kappa shape index (κ1) is 16.6. The van der Waals surface area contributed by atoms with Crippen LogP contribution in [0.25, 0.3) is 0 Å². The minimum absolute atomic E-state index is 0.116. The molecule has 1 aromatic rings. The fraction of sp³-hybridized carbons (Fsp3) is 0.462. The third-order valence-electron chi connectivity index (χ3n) is 2.28. The van der Waals surface area contributed by atoms with Crippen molar-refractivity contribution < 1.29 is 9.90 Å². The molecular formula is C13H18Br2N2O2. The predicted octanol–water partition coefficient (Wildman–Crippen LogP) is 2.85. The van der Waals surface area contributed by atoms with Gasteiger partial charge < -0.3 is 10.4 Å². The summed E-state index contributed by atoms with van der Waals surface area (Å²) in [6, 6.07) is 5.55. The Morgan fingerprint density at radius 3 is 2.58 bits per heavy atom. The van der Waals surface area contributed by atoms with Crippen molar-refractivity contribution in [3.63, 3.8) is 0 Å². The van der Waals surface area contributed by atoms with Crippen LogP contribution in [-0.4, -0.2) is 41.7 Å². The van der Waals surface area contributed by atoms with Gasteiger partial charge in [0.25, 0.3) is 0 Å². The Bertz CT molecular complexity index is 458. The lowest BCUT2D eigenvalue weighted by Gasteiger charge is -2.24. The molecule has 0 aromatic heterocycles. The highest BCUT2D eigenvalue weighted by Crippen LogP contribution is 2.26. The lowest BCUT2D eigenvalue weighted by molar-refractivity contribution is -0.117. The van der Waals surface area contributed by atoms with Crippen LogP contribution in [0.5, 0.6) is 0 Å². The van der Waals surface area contributed by atoms with E-state index in [1.807, 2.05) is 18.2 Å². The van der Waals surface area contributed by atoms with Crippen LogP contribution in [0.2, 0.25) is 0 Å². The van der Waals surface area contributed by atoms with E-state index in [1.165, 1.54) is 0 Å². The first-order chi connectivity index (χ1) is 8.67. The number of likely N-dealkylation sites (N-methyl/N-ethyl adjacent to an activating group) is 1. The Balaban J connectivity index is 2.56. The first-order valence-electron chi connectivity index (χ1n) is 5.83. The maximum Gasteiger partial charge on any atom is 0.238 e. The summed E-state index contributed by atoms with van der Waals surface area (Å²) in [5, 5.41) is 12.5. The smallest absolute Gasteiger partial charge is 0.238 e. The number of hydrogen-bond acceptors (Lipinski definition) is 3. The maximum atomic E-state index is 11.9. The Morgan fingerprint density at radius 2 is 2.05 bits per heavy atom. The van der Waals surface area contributed by atoms with Crippen LogP contribution in [0.4, 0.5) is 5.69 Å². The lowest BCUT2D eigenvalue weighted by atomic mass is 10.1. The zero-order chi connectivity index (χ0) is 14.6. The predicted molar refractivity (Wildman–Crippen MR) is 84.3 cm³/mol. The first-order valence-corrected chi connectivity index (χ1v) is 7.42. The number of rotatable bonds is 5. The Hall–Kier alpha value is -0.430. The van der Waals surface area contributed by atoms with Crippen LogP contribution >= 0.6 is 31.9 Å². The van der Waals surface area contributed by atoms with E-state index in [0.29, 0.717) is 6.54 Å². The number of carbonyl (C=O) groups excluding carboxylic acids is 1. The Morgan fingerprint density at radius 1 is 1.42 bits per heavy atom. The van der Waals surface area contributed by atoms with E-state index in [0.717, 1.165) is 14.6 Å². The van der Waals surface area contributed by atoms with Gasteiger partial charge in [-0.2, -0.15) is 0 Å². The second-order valence-electron chi connectivity index (χ2n) is 5.16. The summed E-state index contributed by atoms with van der Waals surface area (Å²) in [6.45, 7) is 4.09. The SMILES string of the molecule is CN(CC(=O)Nc1ccc(Br)cc1Br)CC(C)(C)O. The molecule has 6 heteroatoms. The highest BCUT2D eigenvalue weighted by Gasteiger charge is 2.17. The van der Waals surface area contributed by atoms with Gasteiger partial charge in [-0.3, -0.25) is 9.69 Å². The van der Waals surface area contributed by atoms with E-state index in [-0.39, 0.29) is 12.5 Å². The van der Waals surface area contributed by atoms with Gasteiger partial charge >= 0.3 is 0 Å². The van der Waals surface area contributed by atoms with Crippen LogP contribution in [0.1, 0.15) is 13.8 Å². The number of nitrogens with zero attached hydrogens (tertiary/aromatic N) is 1. The average Bonchev–Trinajstić information content (AvgIpc) is 2.19. The summed E-state index contributed by atoms with van der Waals surface area (Å²) >= 11 is 6.75. The summed E-state index contributed by atoms with van der Waals surface area (Å²) in [5.41, 5.74) is -0.0856. The van der Waals surface area contributed by atoms with Gasteiger partial charge in [0.2, 0.25) is 5.91 Å². The number of halogens is 2. The molecule has 0 unspecified atom stereocenters. The molecule has 0 saturated heterocycles. The number of amides is 1. The summed E-state index contributed by atoms with van der Waals surface area (Å²) < 4.78 is 1.76. The molecule has 2 N–H and O–H groups in total. The highest BCUT2D eigenvalue weighted by molar-refractivity contribution is 9.11. The number of benzene rings is 1. The van der Waals surface area contributed by atoms with Crippen molar-refractivity contribution in [1.29, 1.82) is 0 Å². The number of nitrogens with one attached hydrogen (secondary N) is 1. The summed E-state index contributed by atoms with van der Waals surface area (Å²) in [4.78, 5) is 13.7. The largest absolute Gasteiger partial charge is 0.389 e. The van der Waals surface area contributed by atoms with Gasteiger partial charge in [-0.25, -0.2) is 0 Å². The van der Waals surface area contributed by atoms with Crippen molar-refractivity contribution in [2.24, 2.45) is 0 Å². The monoisotopic (exact) mass is 392 g/mol. The molecule has 0 aliphatic heterocycles. The van der Waals surface area contributed by atoms with Gasteiger partial charge in [0, 0.05) is 15.5 Å². The van der Waals surface area contributed by atoms with Crippen LogP contribution < -0.4 is 5.32 Å². The summed E-state index contributed by atoms with van der Waals surface area (Å²) in [5.74, 6) is -0.116. The van der Waals surface area contributed by atoms with Crippen LogP contribution in [0.3, 0.4) is 0 Å². The molecule has 1 amide bonds. The number of aliphatic hydroxyl groups is 1.